The van der Waals surface area contributed by atoms with Crippen molar-refractivity contribution in [2.75, 3.05) is 11.9 Å². The van der Waals surface area contributed by atoms with Crippen molar-refractivity contribution in [2.24, 2.45) is 0 Å². The van der Waals surface area contributed by atoms with Gasteiger partial charge in [0.15, 0.2) is 0 Å². The second-order valence-corrected chi connectivity index (χ2v) is 4.18. The molecule has 1 heterocycles. The monoisotopic (exact) mass is 245 g/mol. The highest BCUT2D eigenvalue weighted by molar-refractivity contribution is 5.24. The first-order chi connectivity index (χ1) is 8.74. The quantitative estimate of drug-likeness (QED) is 0.823. The maximum Gasteiger partial charge on any atom is 0.222 e. The summed E-state index contributed by atoms with van der Waals surface area (Å²) < 4.78 is 13.0. The summed E-state index contributed by atoms with van der Waals surface area (Å²) in [6.07, 6.45) is 3.49. The van der Waals surface area contributed by atoms with Crippen molar-refractivity contribution in [3.8, 4) is 0 Å². The van der Waals surface area contributed by atoms with Crippen LogP contribution in [0, 0.1) is 12.7 Å². The Bertz CT molecular complexity index is 466. The molecule has 0 bridgehead atoms. The number of nitrogens with zero attached hydrogens (tertiary/aromatic N) is 2. The van der Waals surface area contributed by atoms with Crippen molar-refractivity contribution in [1.29, 1.82) is 0 Å². The van der Waals surface area contributed by atoms with Gasteiger partial charge in [-0.05, 0) is 43.5 Å². The van der Waals surface area contributed by atoms with Gasteiger partial charge in [-0.25, -0.2) is 14.4 Å². The molecule has 1 aromatic carbocycles. The van der Waals surface area contributed by atoms with E-state index in [1.807, 2.05) is 19.1 Å². The third kappa shape index (κ3) is 3.80. The molecular formula is C14H16FN3. The summed E-state index contributed by atoms with van der Waals surface area (Å²) in [5.74, 6) is 0.469. The Morgan fingerprint density at radius 1 is 1.28 bits per heavy atom. The number of hydrogen-bond acceptors (Lipinski definition) is 3. The molecule has 0 aliphatic heterocycles. The summed E-state index contributed by atoms with van der Waals surface area (Å²) in [5.41, 5.74) is 1.96. The molecule has 94 valence electrons. The fourth-order valence-corrected chi connectivity index (χ4v) is 1.72. The van der Waals surface area contributed by atoms with Crippen LogP contribution in [-0.2, 0) is 6.42 Å². The van der Waals surface area contributed by atoms with Gasteiger partial charge in [0.1, 0.15) is 5.82 Å². The maximum absolute atomic E-state index is 13.0. The van der Waals surface area contributed by atoms with Gasteiger partial charge in [-0.1, -0.05) is 12.1 Å². The molecule has 18 heavy (non-hydrogen) atoms. The van der Waals surface area contributed by atoms with Crippen LogP contribution in [0.3, 0.4) is 0 Å². The average molecular weight is 245 g/mol. The molecule has 0 amide bonds. The van der Waals surface area contributed by atoms with E-state index in [1.54, 1.807) is 18.3 Å². The van der Waals surface area contributed by atoms with Crippen molar-refractivity contribution < 1.29 is 4.39 Å². The van der Waals surface area contributed by atoms with E-state index < -0.39 is 0 Å². The fraction of sp³-hybridized carbons (Fsp3) is 0.286. The van der Waals surface area contributed by atoms with Gasteiger partial charge in [-0.2, -0.15) is 0 Å². The van der Waals surface area contributed by atoms with Crippen LogP contribution in [0.1, 0.15) is 17.7 Å². The van der Waals surface area contributed by atoms with Crippen LogP contribution in [0.4, 0.5) is 10.3 Å². The molecule has 0 saturated heterocycles. The molecule has 0 radical (unpaired) electrons. The summed E-state index contributed by atoms with van der Waals surface area (Å²) in [6.45, 7) is 2.71. The van der Waals surface area contributed by atoms with Crippen LogP contribution in [0.25, 0.3) is 0 Å². The summed E-state index contributed by atoms with van der Waals surface area (Å²) >= 11 is 0. The predicted octanol–water partition coefficient (Wildman–Crippen LogP) is 2.97. The number of nitrogens with one attached hydrogen (secondary N) is 1. The van der Waals surface area contributed by atoms with Crippen LogP contribution in [0.2, 0.25) is 0 Å². The zero-order chi connectivity index (χ0) is 12.8. The third-order valence-electron chi connectivity index (χ3n) is 2.61. The lowest BCUT2D eigenvalue weighted by atomic mass is 10.1. The van der Waals surface area contributed by atoms with Crippen molar-refractivity contribution in [1.82, 2.24) is 9.97 Å². The highest BCUT2D eigenvalue weighted by Crippen LogP contribution is 2.06. The standard InChI is InChI=1S/C14H16FN3/c1-11-7-9-17-14(18-11)16-8-3-5-12-4-2-6-13(15)10-12/h2,4,6-7,9-10H,3,5,8H2,1H3,(H,16,17,18). The van der Waals surface area contributed by atoms with Crippen molar-refractivity contribution >= 4 is 5.95 Å². The van der Waals surface area contributed by atoms with Crippen molar-refractivity contribution in [3.05, 3.63) is 53.6 Å². The Morgan fingerprint density at radius 2 is 2.17 bits per heavy atom. The first-order valence-electron chi connectivity index (χ1n) is 6.02. The Kier molecular flexibility index (Phi) is 4.23. The molecule has 0 atom stereocenters. The minimum atomic E-state index is -0.178. The molecule has 0 spiro atoms. The number of rotatable bonds is 5. The van der Waals surface area contributed by atoms with Crippen LogP contribution >= 0.6 is 0 Å². The Morgan fingerprint density at radius 3 is 2.94 bits per heavy atom. The molecule has 0 unspecified atom stereocenters. The van der Waals surface area contributed by atoms with Crippen LogP contribution in [0.15, 0.2) is 36.5 Å². The third-order valence-corrected chi connectivity index (χ3v) is 2.61. The summed E-state index contributed by atoms with van der Waals surface area (Å²) in [6, 6.07) is 8.57. The van der Waals surface area contributed by atoms with Gasteiger partial charge in [0.25, 0.3) is 0 Å². The van der Waals surface area contributed by atoms with Gasteiger partial charge in [-0.3, -0.25) is 0 Å². The second-order valence-electron chi connectivity index (χ2n) is 4.18. The van der Waals surface area contributed by atoms with E-state index >= 15 is 0 Å². The lowest BCUT2D eigenvalue weighted by molar-refractivity contribution is 0.624. The van der Waals surface area contributed by atoms with Gasteiger partial charge in [-0.15, -0.1) is 0 Å². The molecule has 4 heteroatoms. The Hall–Kier alpha value is -1.97. The average Bonchev–Trinajstić information content (AvgIpc) is 2.35. The minimum absolute atomic E-state index is 0.178. The number of benzene rings is 1. The number of aryl methyl sites for hydroxylation is 2. The molecule has 3 nitrogen and oxygen atoms in total. The normalized spacial score (nSPS) is 10.3. The number of anilines is 1. The summed E-state index contributed by atoms with van der Waals surface area (Å²) in [7, 11) is 0. The maximum atomic E-state index is 13.0. The van der Waals surface area contributed by atoms with E-state index in [1.165, 1.54) is 6.07 Å². The zero-order valence-electron chi connectivity index (χ0n) is 10.4. The molecule has 1 N–H and O–H groups in total. The fourth-order valence-electron chi connectivity index (χ4n) is 1.72. The van der Waals surface area contributed by atoms with Crippen LogP contribution in [-0.4, -0.2) is 16.5 Å². The lowest BCUT2D eigenvalue weighted by Gasteiger charge is -2.05. The highest BCUT2D eigenvalue weighted by atomic mass is 19.1. The van der Waals surface area contributed by atoms with Gasteiger partial charge < -0.3 is 5.32 Å². The smallest absolute Gasteiger partial charge is 0.222 e. The lowest BCUT2D eigenvalue weighted by Crippen LogP contribution is -2.06. The first kappa shape index (κ1) is 12.5. The molecule has 2 rings (SSSR count). The molecular weight excluding hydrogens is 229 g/mol. The zero-order valence-corrected chi connectivity index (χ0v) is 10.4. The van der Waals surface area contributed by atoms with E-state index in [2.05, 4.69) is 15.3 Å². The molecule has 2 aromatic rings. The molecule has 0 aliphatic carbocycles. The van der Waals surface area contributed by atoms with E-state index in [0.717, 1.165) is 30.6 Å². The predicted molar refractivity (Wildman–Crippen MR) is 70.0 cm³/mol. The SMILES string of the molecule is Cc1ccnc(NCCCc2cccc(F)c2)n1. The largest absolute Gasteiger partial charge is 0.354 e. The van der Waals surface area contributed by atoms with Gasteiger partial charge >= 0.3 is 0 Å². The topological polar surface area (TPSA) is 37.8 Å². The van der Waals surface area contributed by atoms with E-state index in [4.69, 9.17) is 0 Å². The van der Waals surface area contributed by atoms with Crippen molar-refractivity contribution in [2.45, 2.75) is 19.8 Å². The number of aromatic nitrogens is 2. The summed E-state index contributed by atoms with van der Waals surface area (Å²) in [4.78, 5) is 8.37. The minimum Gasteiger partial charge on any atom is -0.354 e. The number of hydrogen-bond donors (Lipinski definition) is 1. The molecule has 0 saturated carbocycles. The van der Waals surface area contributed by atoms with Gasteiger partial charge in [0.2, 0.25) is 5.95 Å². The van der Waals surface area contributed by atoms with Gasteiger partial charge in [0.05, 0.1) is 0 Å². The Balaban J connectivity index is 1.76. The van der Waals surface area contributed by atoms with Crippen LogP contribution < -0.4 is 5.32 Å². The molecule has 1 aromatic heterocycles. The van der Waals surface area contributed by atoms with E-state index in [0.29, 0.717) is 5.95 Å². The molecule has 0 fully saturated rings. The summed E-state index contributed by atoms with van der Waals surface area (Å²) in [5, 5.41) is 3.15. The number of halogens is 1. The van der Waals surface area contributed by atoms with Gasteiger partial charge in [0, 0.05) is 18.4 Å². The molecule has 0 aliphatic rings. The van der Waals surface area contributed by atoms with E-state index in [9.17, 15) is 4.39 Å². The Labute approximate surface area is 106 Å². The van der Waals surface area contributed by atoms with Crippen LogP contribution in [0.5, 0.6) is 0 Å². The highest BCUT2D eigenvalue weighted by Gasteiger charge is 1.97. The second kappa shape index (κ2) is 6.10. The first-order valence-corrected chi connectivity index (χ1v) is 6.02. The van der Waals surface area contributed by atoms with E-state index in [-0.39, 0.29) is 5.82 Å². The van der Waals surface area contributed by atoms with Crippen molar-refractivity contribution in [3.63, 3.8) is 0 Å².